The second kappa shape index (κ2) is 7.10. The van der Waals surface area contributed by atoms with Gasteiger partial charge in [0.25, 0.3) is 0 Å². The lowest BCUT2D eigenvalue weighted by molar-refractivity contribution is 0.425. The molecule has 3 aromatic heterocycles. The van der Waals surface area contributed by atoms with Crippen LogP contribution < -0.4 is 20.4 Å². The molecular formula is C23H12B2NO6S3. The second-order valence-electron chi connectivity index (χ2n) is 8.53. The number of thiophene rings is 2. The molecule has 0 amide bonds. The molecule has 7 nitrogen and oxygen atoms in total. The van der Waals surface area contributed by atoms with E-state index in [2.05, 4.69) is 4.98 Å². The molecule has 35 heavy (non-hydrogen) atoms. The predicted octanol–water partition coefficient (Wildman–Crippen LogP) is 2.98. The van der Waals surface area contributed by atoms with Gasteiger partial charge in [-0.25, -0.2) is 4.98 Å². The van der Waals surface area contributed by atoms with E-state index in [0.717, 1.165) is 52.7 Å². The molecule has 0 saturated heterocycles. The highest BCUT2D eigenvalue weighted by Gasteiger charge is 2.27. The highest BCUT2D eigenvalue weighted by atomic mass is 32.1. The van der Waals surface area contributed by atoms with Gasteiger partial charge >= 0.3 is 14.8 Å². The van der Waals surface area contributed by atoms with Crippen LogP contribution in [-0.4, -0.2) is 34.9 Å². The van der Waals surface area contributed by atoms with Crippen molar-refractivity contribution in [1.29, 1.82) is 0 Å². The molecule has 0 fully saturated rings. The van der Waals surface area contributed by atoms with Gasteiger partial charge in [-0.2, -0.15) is 0 Å². The number of aromatic nitrogens is 1. The molecule has 0 bridgehead atoms. The van der Waals surface area contributed by atoms with Gasteiger partial charge < -0.3 is 19.7 Å². The van der Waals surface area contributed by atoms with Crippen molar-refractivity contribution >= 4 is 116 Å². The smallest absolute Gasteiger partial charge is 0.530 e. The minimum atomic E-state index is -1.74. The van der Waals surface area contributed by atoms with E-state index < -0.39 is 7.12 Å². The fourth-order valence-electron chi connectivity index (χ4n) is 5.24. The Balaban J connectivity index is 1.66. The van der Waals surface area contributed by atoms with Crippen LogP contribution >= 0.6 is 34.0 Å². The molecule has 0 saturated carbocycles. The number of nitrogens with zero attached hydrogens (tertiary/aromatic N) is 1. The van der Waals surface area contributed by atoms with Crippen molar-refractivity contribution in [3.8, 4) is 5.06 Å². The lowest BCUT2D eigenvalue weighted by Crippen LogP contribution is -2.29. The number of fused-ring (bicyclic) bond motifs is 11. The van der Waals surface area contributed by atoms with Crippen LogP contribution in [0.25, 0.3) is 62.0 Å². The fraction of sp³-hybridized carbons (Fsp3) is 0.0870. The molecule has 0 aliphatic carbocycles. The minimum Gasteiger partial charge on any atom is -0.530 e. The van der Waals surface area contributed by atoms with Gasteiger partial charge in [0, 0.05) is 32.3 Å². The standard InChI is InChI=1S/C23H12B2NO6S3/c1-6-3-9-8(4-7(2)13-15(9)19(28)17-22(13)35-23(26-17)25(30)31)14-12(6)21-16(18(14)27)20-10(33-21)5-11(34-20)32-24-29/h3-5,29-31H,1-2H3. The van der Waals surface area contributed by atoms with E-state index in [0.29, 0.717) is 39.0 Å². The molecule has 3 N–H and O–H groups in total. The largest absolute Gasteiger partial charge is 0.569 e. The van der Waals surface area contributed by atoms with Crippen LogP contribution in [0.15, 0.2) is 27.8 Å². The van der Waals surface area contributed by atoms with Crippen LogP contribution in [0.5, 0.6) is 5.06 Å². The molecule has 12 heteroatoms. The van der Waals surface area contributed by atoms with Crippen LogP contribution in [0.3, 0.4) is 0 Å². The summed E-state index contributed by atoms with van der Waals surface area (Å²) in [6.45, 7) is 3.84. The van der Waals surface area contributed by atoms with E-state index in [9.17, 15) is 19.6 Å². The van der Waals surface area contributed by atoms with E-state index in [4.69, 9.17) is 9.68 Å². The summed E-state index contributed by atoms with van der Waals surface area (Å²) < 4.78 is 8.40. The van der Waals surface area contributed by atoms with Crippen LogP contribution in [0.1, 0.15) is 11.1 Å². The van der Waals surface area contributed by atoms with Crippen molar-refractivity contribution in [3.05, 3.63) is 49.8 Å². The van der Waals surface area contributed by atoms with Crippen molar-refractivity contribution in [1.82, 2.24) is 4.98 Å². The molecule has 0 spiro atoms. The number of hydrogen-bond acceptors (Lipinski definition) is 10. The first-order chi connectivity index (χ1) is 16.8. The summed E-state index contributed by atoms with van der Waals surface area (Å²) >= 11 is 3.93. The zero-order valence-corrected chi connectivity index (χ0v) is 20.6. The number of rotatable bonds is 3. The average molecular weight is 516 g/mol. The highest BCUT2D eigenvalue weighted by molar-refractivity contribution is 7.34. The van der Waals surface area contributed by atoms with Crippen molar-refractivity contribution in [2.75, 3.05) is 0 Å². The molecule has 0 aliphatic heterocycles. The van der Waals surface area contributed by atoms with Crippen LogP contribution in [0.2, 0.25) is 0 Å². The minimum absolute atomic E-state index is 0.0836. The normalized spacial score (nSPS) is 12.4. The third-order valence-corrected chi connectivity index (χ3v) is 10.0. The maximum atomic E-state index is 13.8. The second-order valence-corrected chi connectivity index (χ2v) is 11.6. The van der Waals surface area contributed by atoms with Gasteiger partial charge in [0.2, 0.25) is 5.43 Å². The summed E-state index contributed by atoms with van der Waals surface area (Å²) in [4.78, 5) is 31.6. The quantitative estimate of drug-likeness (QED) is 0.310. The van der Waals surface area contributed by atoms with Gasteiger partial charge in [0.1, 0.15) is 10.4 Å². The molecule has 1 radical (unpaired) electrons. The third kappa shape index (κ3) is 2.64. The Kier molecular flexibility index (Phi) is 4.34. The van der Waals surface area contributed by atoms with Crippen LogP contribution in [-0.2, 0) is 0 Å². The number of hydrogen-bond donors (Lipinski definition) is 3. The van der Waals surface area contributed by atoms with E-state index in [1.807, 2.05) is 32.0 Å². The molecule has 0 atom stereocenters. The van der Waals surface area contributed by atoms with Crippen molar-refractivity contribution < 1.29 is 19.7 Å². The molecule has 169 valence electrons. The maximum absolute atomic E-state index is 13.8. The SMILES string of the molecule is Cc1cc2c(cc(C)c3c4sc5cc(O[B]O)sc5c4c(=O)c23)c2c(=O)c3nc(B(O)O)sc3c12. The summed E-state index contributed by atoms with van der Waals surface area (Å²) in [6.07, 6.45) is 0. The summed E-state index contributed by atoms with van der Waals surface area (Å²) in [7, 11) is -1.11. The van der Waals surface area contributed by atoms with E-state index >= 15 is 0 Å². The van der Waals surface area contributed by atoms with Gasteiger partial charge in [-0.05, 0) is 47.9 Å². The topological polar surface area (TPSA) is 117 Å². The number of benzene rings is 2. The third-order valence-electron chi connectivity index (χ3n) is 6.56. The van der Waals surface area contributed by atoms with Gasteiger partial charge in [-0.1, -0.05) is 11.3 Å². The van der Waals surface area contributed by atoms with E-state index in [1.54, 1.807) is 0 Å². The number of aryl methyl sites for hydroxylation is 2. The first-order valence-electron chi connectivity index (χ1n) is 10.6. The first-order valence-corrected chi connectivity index (χ1v) is 13.0. The van der Waals surface area contributed by atoms with Crippen LogP contribution in [0, 0.1) is 13.8 Å². The monoisotopic (exact) mass is 516 g/mol. The van der Waals surface area contributed by atoms with Crippen molar-refractivity contribution in [2.24, 2.45) is 0 Å². The van der Waals surface area contributed by atoms with E-state index in [1.165, 1.54) is 22.7 Å². The highest BCUT2D eigenvalue weighted by Crippen LogP contribution is 2.47. The lowest BCUT2D eigenvalue weighted by Gasteiger charge is -2.08. The molecule has 0 aliphatic rings. The maximum Gasteiger partial charge on any atom is 0.569 e. The Morgan fingerprint density at radius 3 is 2.14 bits per heavy atom. The summed E-state index contributed by atoms with van der Waals surface area (Å²) in [5.41, 5.74) is 1.60. The van der Waals surface area contributed by atoms with Gasteiger partial charge in [0.15, 0.2) is 10.5 Å². The van der Waals surface area contributed by atoms with Gasteiger partial charge in [-0.3, -0.25) is 9.59 Å². The summed E-state index contributed by atoms with van der Waals surface area (Å²) in [5.74, 6) is 0. The molecule has 3 heterocycles. The zero-order valence-electron chi connectivity index (χ0n) is 18.1. The summed E-state index contributed by atoms with van der Waals surface area (Å²) in [6, 6.07) is 5.73. The lowest BCUT2D eigenvalue weighted by atomic mass is 9.94. The van der Waals surface area contributed by atoms with Gasteiger partial charge in [0.05, 0.1) is 19.5 Å². The Labute approximate surface area is 208 Å². The first kappa shape index (κ1) is 21.4. The molecule has 7 aromatic rings. The molecular weight excluding hydrogens is 504 g/mol. The fourth-order valence-corrected chi connectivity index (χ4v) is 8.85. The Morgan fingerprint density at radius 1 is 0.829 bits per heavy atom. The van der Waals surface area contributed by atoms with Gasteiger partial charge in [-0.15, -0.1) is 22.7 Å². The molecule has 7 rings (SSSR count). The number of thiazole rings is 1. The van der Waals surface area contributed by atoms with Crippen molar-refractivity contribution in [2.45, 2.75) is 13.8 Å². The van der Waals surface area contributed by atoms with Crippen molar-refractivity contribution in [3.63, 3.8) is 0 Å². The predicted molar refractivity (Wildman–Crippen MR) is 146 cm³/mol. The zero-order chi connectivity index (χ0) is 24.3. The molecule has 4 aromatic carbocycles. The average Bonchev–Trinajstić information content (AvgIpc) is 3.57. The Hall–Kier alpha value is -2.86. The van der Waals surface area contributed by atoms with Crippen LogP contribution in [0.4, 0.5) is 0 Å². The molecule has 0 unspecified atom stereocenters. The van der Waals surface area contributed by atoms with E-state index in [-0.39, 0.29) is 21.3 Å². The Bertz CT molecular complexity index is 2130. The Morgan fingerprint density at radius 2 is 1.49 bits per heavy atom. The summed E-state index contributed by atoms with van der Waals surface area (Å²) in [5, 5.41) is 33.4.